The van der Waals surface area contributed by atoms with E-state index in [9.17, 15) is 9.59 Å². The number of esters is 1. The van der Waals surface area contributed by atoms with Gasteiger partial charge < -0.3 is 14.0 Å². The lowest BCUT2D eigenvalue weighted by atomic mass is 9.87. The summed E-state index contributed by atoms with van der Waals surface area (Å²) in [5.41, 5.74) is 4.64. The molecule has 166 valence electrons. The Hall–Kier alpha value is -3.71. The number of hydrogen-bond acceptors (Lipinski definition) is 5. The minimum absolute atomic E-state index is 0.0218. The molecule has 1 amide bonds. The van der Waals surface area contributed by atoms with Crippen molar-refractivity contribution in [3.05, 3.63) is 87.7 Å². The molecule has 0 aliphatic carbocycles. The molecule has 0 saturated heterocycles. The molecule has 0 radical (unpaired) electrons. The second-order valence-electron chi connectivity index (χ2n) is 8.01. The van der Waals surface area contributed by atoms with Crippen molar-refractivity contribution in [2.24, 2.45) is 4.99 Å². The molecule has 1 aliphatic rings. The van der Waals surface area contributed by atoms with Crippen LogP contribution in [0.2, 0.25) is 0 Å². The van der Waals surface area contributed by atoms with Gasteiger partial charge in [0.2, 0.25) is 0 Å². The Balaban J connectivity index is 1.69. The average Bonchev–Trinajstić information content (AvgIpc) is 3.12. The van der Waals surface area contributed by atoms with Crippen LogP contribution in [0.3, 0.4) is 0 Å². The summed E-state index contributed by atoms with van der Waals surface area (Å²) in [5.74, 6) is -0.00336. The fraction of sp³-hybridized carbons (Fsp3) is 0.192. The van der Waals surface area contributed by atoms with Crippen LogP contribution in [0.25, 0.3) is 10.2 Å². The van der Waals surface area contributed by atoms with Crippen molar-refractivity contribution in [3.63, 3.8) is 0 Å². The van der Waals surface area contributed by atoms with Gasteiger partial charge in [-0.05, 0) is 49.2 Å². The highest BCUT2D eigenvalue weighted by atomic mass is 32.1. The van der Waals surface area contributed by atoms with Crippen LogP contribution >= 0.6 is 11.3 Å². The third-order valence-corrected chi connectivity index (χ3v) is 6.99. The van der Waals surface area contributed by atoms with Crippen molar-refractivity contribution >= 4 is 33.4 Å². The third-order valence-electron chi connectivity index (χ3n) is 5.95. The highest BCUT2D eigenvalue weighted by molar-refractivity contribution is 7.16. The summed E-state index contributed by atoms with van der Waals surface area (Å²) in [6.07, 6.45) is 0. The molecule has 2 heterocycles. The summed E-state index contributed by atoms with van der Waals surface area (Å²) < 4.78 is 13.6. The number of methoxy groups -OCH3 is 1. The molecule has 0 unspecified atom stereocenters. The van der Waals surface area contributed by atoms with Crippen molar-refractivity contribution < 1.29 is 19.1 Å². The number of carbonyl (C=O) groups is 2. The molecule has 0 spiro atoms. The SMILES string of the molecule is COC(=O)Cn1c(=NC(=O)C2c3ccccc3Oc3ccccc32)sc2cc(C)c(C)cc21. The predicted octanol–water partition coefficient (Wildman–Crippen LogP) is 4.86. The molecule has 3 aromatic carbocycles. The molecule has 0 fully saturated rings. The number of hydrogen-bond donors (Lipinski definition) is 0. The van der Waals surface area contributed by atoms with Crippen LogP contribution in [0.5, 0.6) is 11.5 Å². The monoisotopic (exact) mass is 458 g/mol. The number of aromatic nitrogens is 1. The lowest BCUT2D eigenvalue weighted by Crippen LogP contribution is -2.25. The molecule has 0 N–H and O–H groups in total. The molecule has 6 nitrogen and oxygen atoms in total. The largest absolute Gasteiger partial charge is 0.468 e. The summed E-state index contributed by atoms with van der Waals surface area (Å²) in [7, 11) is 1.35. The van der Waals surface area contributed by atoms with Gasteiger partial charge in [-0.2, -0.15) is 4.99 Å². The second kappa shape index (κ2) is 8.33. The smallest absolute Gasteiger partial charge is 0.325 e. The Labute approximate surface area is 194 Å². The van der Waals surface area contributed by atoms with Crippen molar-refractivity contribution in [1.29, 1.82) is 0 Å². The lowest BCUT2D eigenvalue weighted by molar-refractivity contribution is -0.141. The molecule has 33 heavy (non-hydrogen) atoms. The zero-order valence-corrected chi connectivity index (χ0v) is 19.3. The minimum atomic E-state index is -0.591. The Morgan fingerprint density at radius 2 is 1.61 bits per heavy atom. The van der Waals surface area contributed by atoms with Gasteiger partial charge in [-0.15, -0.1) is 0 Å². The van der Waals surface area contributed by atoms with E-state index in [0.29, 0.717) is 16.3 Å². The number of ether oxygens (including phenoxy) is 2. The number of thiazole rings is 1. The third kappa shape index (κ3) is 3.74. The van der Waals surface area contributed by atoms with Gasteiger partial charge in [-0.3, -0.25) is 9.59 Å². The Kier molecular flexibility index (Phi) is 5.34. The number of amides is 1. The number of para-hydroxylation sites is 2. The van der Waals surface area contributed by atoms with Crippen molar-refractivity contribution in [3.8, 4) is 11.5 Å². The standard InChI is InChI=1S/C26H22N2O4S/c1-15-12-19-22(13-16(15)2)33-26(28(19)14-23(29)31-3)27-25(30)24-17-8-4-6-10-20(17)32-21-11-7-5-9-18(21)24/h4-13,24H,14H2,1-3H3. The van der Waals surface area contributed by atoms with Crippen LogP contribution in [0.15, 0.2) is 65.7 Å². The van der Waals surface area contributed by atoms with E-state index < -0.39 is 11.9 Å². The van der Waals surface area contributed by atoms with E-state index >= 15 is 0 Å². The van der Waals surface area contributed by atoms with E-state index in [4.69, 9.17) is 9.47 Å². The summed E-state index contributed by atoms with van der Waals surface area (Å²) >= 11 is 1.39. The maximum Gasteiger partial charge on any atom is 0.325 e. The number of benzene rings is 3. The lowest BCUT2D eigenvalue weighted by Gasteiger charge is -2.25. The van der Waals surface area contributed by atoms with E-state index in [1.165, 1.54) is 18.4 Å². The number of aryl methyl sites for hydroxylation is 2. The van der Waals surface area contributed by atoms with Gasteiger partial charge in [-0.25, -0.2) is 0 Å². The fourth-order valence-electron chi connectivity index (χ4n) is 4.09. The zero-order valence-electron chi connectivity index (χ0n) is 18.5. The summed E-state index contributed by atoms with van der Waals surface area (Å²) in [6, 6.07) is 19.1. The van der Waals surface area contributed by atoms with Crippen molar-refractivity contribution in [2.45, 2.75) is 26.3 Å². The first-order valence-corrected chi connectivity index (χ1v) is 11.4. The first kappa shape index (κ1) is 21.2. The molecule has 0 saturated carbocycles. The highest BCUT2D eigenvalue weighted by Gasteiger charge is 2.32. The first-order valence-electron chi connectivity index (χ1n) is 10.6. The van der Waals surface area contributed by atoms with Gasteiger partial charge in [-0.1, -0.05) is 47.7 Å². The van der Waals surface area contributed by atoms with Crippen LogP contribution in [-0.4, -0.2) is 23.6 Å². The number of fused-ring (bicyclic) bond motifs is 3. The number of nitrogens with zero attached hydrogens (tertiary/aromatic N) is 2. The van der Waals surface area contributed by atoms with Crippen LogP contribution in [-0.2, 0) is 20.9 Å². The van der Waals surface area contributed by atoms with Crippen LogP contribution < -0.4 is 9.54 Å². The Bertz CT molecular complexity index is 1440. The van der Waals surface area contributed by atoms with Crippen molar-refractivity contribution in [2.75, 3.05) is 7.11 Å². The average molecular weight is 459 g/mol. The maximum atomic E-state index is 13.7. The topological polar surface area (TPSA) is 69.9 Å². The van der Waals surface area contributed by atoms with Crippen LogP contribution in [0, 0.1) is 13.8 Å². The molecule has 0 bridgehead atoms. The Morgan fingerprint density at radius 3 is 2.24 bits per heavy atom. The summed E-state index contributed by atoms with van der Waals surface area (Å²) in [5, 5.41) is 0. The van der Waals surface area contributed by atoms with E-state index in [-0.39, 0.29) is 12.5 Å². The molecule has 4 aromatic rings. The van der Waals surface area contributed by atoms with Gasteiger partial charge in [0.15, 0.2) is 4.80 Å². The molecule has 0 atom stereocenters. The zero-order chi connectivity index (χ0) is 23.1. The van der Waals surface area contributed by atoms with Gasteiger partial charge in [0, 0.05) is 11.1 Å². The van der Waals surface area contributed by atoms with Crippen molar-refractivity contribution in [1.82, 2.24) is 4.57 Å². The Morgan fingerprint density at radius 1 is 1.00 bits per heavy atom. The normalized spacial score (nSPS) is 13.4. The maximum absolute atomic E-state index is 13.7. The molecule has 1 aromatic heterocycles. The van der Waals surface area contributed by atoms with Gasteiger partial charge in [0.1, 0.15) is 18.0 Å². The van der Waals surface area contributed by atoms with Gasteiger partial charge in [0.25, 0.3) is 5.91 Å². The first-order chi connectivity index (χ1) is 16.0. The van der Waals surface area contributed by atoms with E-state index in [1.54, 1.807) is 4.57 Å². The fourth-order valence-corrected chi connectivity index (χ4v) is 5.20. The summed E-state index contributed by atoms with van der Waals surface area (Å²) in [4.78, 5) is 30.8. The quantitative estimate of drug-likeness (QED) is 0.411. The molecular formula is C26H22N2O4S. The van der Waals surface area contributed by atoms with E-state index in [2.05, 4.69) is 11.1 Å². The predicted molar refractivity (Wildman–Crippen MR) is 127 cm³/mol. The second-order valence-corrected chi connectivity index (χ2v) is 9.02. The van der Waals surface area contributed by atoms with E-state index in [1.807, 2.05) is 68.4 Å². The van der Waals surface area contributed by atoms with Crippen LogP contribution in [0.1, 0.15) is 28.2 Å². The van der Waals surface area contributed by atoms with Gasteiger partial charge in [0.05, 0.1) is 23.2 Å². The summed E-state index contributed by atoms with van der Waals surface area (Å²) in [6.45, 7) is 4.04. The molecule has 5 rings (SSSR count). The minimum Gasteiger partial charge on any atom is -0.468 e. The number of carbonyl (C=O) groups excluding carboxylic acids is 2. The van der Waals surface area contributed by atoms with Gasteiger partial charge >= 0.3 is 5.97 Å². The molecular weight excluding hydrogens is 436 g/mol. The van der Waals surface area contributed by atoms with Crippen LogP contribution in [0.4, 0.5) is 0 Å². The highest BCUT2D eigenvalue weighted by Crippen LogP contribution is 2.44. The number of rotatable bonds is 3. The molecule has 1 aliphatic heterocycles. The van der Waals surface area contributed by atoms with E-state index in [0.717, 1.165) is 32.5 Å². The molecule has 7 heteroatoms.